The molecule has 0 bridgehead atoms. The number of nitrogens with zero attached hydrogens (tertiary/aromatic N) is 1. The number of likely N-dealkylation sites (N-methyl/N-ethyl adjacent to an activating group) is 1. The summed E-state index contributed by atoms with van der Waals surface area (Å²) in [6.45, 7) is 5.70. The summed E-state index contributed by atoms with van der Waals surface area (Å²) < 4.78 is 0. The lowest BCUT2D eigenvalue weighted by Crippen LogP contribution is -2.51. The maximum absolute atomic E-state index is 10.7. The van der Waals surface area contributed by atoms with E-state index in [1.54, 1.807) is 0 Å². The normalized spacial score (nSPS) is 13.5. The Labute approximate surface area is 83.7 Å². The van der Waals surface area contributed by atoms with Crippen LogP contribution in [0.15, 0.2) is 0 Å². The number of amides is 1. The van der Waals surface area contributed by atoms with Crippen LogP contribution in [0.25, 0.3) is 0 Å². The van der Waals surface area contributed by atoms with Crippen LogP contribution in [0.3, 0.4) is 0 Å². The molecular formula is C8H16N2O2S. The topological polar surface area (TPSA) is 66.6 Å². The van der Waals surface area contributed by atoms with E-state index >= 15 is 0 Å². The van der Waals surface area contributed by atoms with E-state index in [0.29, 0.717) is 0 Å². The van der Waals surface area contributed by atoms with Gasteiger partial charge in [-0.1, -0.05) is 33.0 Å². The summed E-state index contributed by atoms with van der Waals surface area (Å²) in [5, 5.41) is 8.78. The Balaban J connectivity index is 4.83. The van der Waals surface area contributed by atoms with Gasteiger partial charge in [0.2, 0.25) is 0 Å². The molecule has 1 amide bonds. The quantitative estimate of drug-likeness (QED) is 0.665. The Morgan fingerprint density at radius 1 is 1.54 bits per heavy atom. The number of hydrogen-bond donors (Lipinski definition) is 2. The van der Waals surface area contributed by atoms with E-state index in [1.807, 2.05) is 20.8 Å². The van der Waals surface area contributed by atoms with E-state index in [-0.39, 0.29) is 10.4 Å². The summed E-state index contributed by atoms with van der Waals surface area (Å²) in [5.74, 6) is 0. The van der Waals surface area contributed by atoms with Crippen molar-refractivity contribution in [1.29, 1.82) is 0 Å². The highest BCUT2D eigenvalue weighted by Gasteiger charge is 2.33. The lowest BCUT2D eigenvalue weighted by atomic mass is 9.86. The number of rotatable bonds is 2. The molecule has 0 spiro atoms. The van der Waals surface area contributed by atoms with Gasteiger partial charge in [-0.2, -0.15) is 0 Å². The molecule has 0 aromatic heterocycles. The van der Waals surface area contributed by atoms with Gasteiger partial charge in [-0.3, -0.25) is 0 Å². The predicted molar refractivity (Wildman–Crippen MR) is 55.8 cm³/mol. The Morgan fingerprint density at radius 3 is 2.00 bits per heavy atom. The highest BCUT2D eigenvalue weighted by molar-refractivity contribution is 7.80. The lowest BCUT2D eigenvalue weighted by molar-refractivity contribution is 0.124. The molecule has 0 aromatic carbocycles. The molecule has 76 valence electrons. The zero-order valence-corrected chi connectivity index (χ0v) is 9.18. The van der Waals surface area contributed by atoms with Crippen LogP contribution in [0, 0.1) is 5.41 Å². The SMILES string of the molecule is CN(C(=O)O)C(C(N)=S)C(C)(C)C. The minimum absolute atomic E-state index is 0.206. The maximum Gasteiger partial charge on any atom is 0.407 e. The van der Waals surface area contributed by atoms with Gasteiger partial charge in [-0.05, 0) is 5.41 Å². The van der Waals surface area contributed by atoms with Gasteiger partial charge in [0.15, 0.2) is 0 Å². The number of carboxylic acid groups (broad SMARTS) is 1. The van der Waals surface area contributed by atoms with Crippen molar-refractivity contribution in [3.05, 3.63) is 0 Å². The fraction of sp³-hybridized carbons (Fsp3) is 0.750. The molecular weight excluding hydrogens is 188 g/mol. The molecule has 1 unspecified atom stereocenters. The van der Waals surface area contributed by atoms with E-state index in [4.69, 9.17) is 23.1 Å². The van der Waals surface area contributed by atoms with Crippen molar-refractivity contribution in [1.82, 2.24) is 4.90 Å². The highest BCUT2D eigenvalue weighted by atomic mass is 32.1. The van der Waals surface area contributed by atoms with Crippen LogP contribution in [-0.2, 0) is 0 Å². The molecule has 0 aliphatic carbocycles. The van der Waals surface area contributed by atoms with Crippen molar-refractivity contribution in [3.63, 3.8) is 0 Å². The second-order valence-corrected chi connectivity index (χ2v) is 4.54. The van der Waals surface area contributed by atoms with Crippen molar-refractivity contribution in [2.24, 2.45) is 11.1 Å². The Bertz CT molecular complexity index is 223. The average Bonchev–Trinajstić information content (AvgIpc) is 1.82. The minimum Gasteiger partial charge on any atom is -0.465 e. The number of hydrogen-bond acceptors (Lipinski definition) is 2. The average molecular weight is 204 g/mol. The molecule has 3 N–H and O–H groups in total. The predicted octanol–water partition coefficient (Wildman–Crippen LogP) is 1.30. The molecule has 0 radical (unpaired) electrons. The Hall–Kier alpha value is -0.840. The molecule has 0 aliphatic rings. The highest BCUT2D eigenvalue weighted by Crippen LogP contribution is 2.23. The van der Waals surface area contributed by atoms with Crippen LogP contribution in [0.5, 0.6) is 0 Å². The summed E-state index contributed by atoms with van der Waals surface area (Å²) in [6.07, 6.45) is -1.02. The second kappa shape index (κ2) is 3.91. The maximum atomic E-state index is 10.7. The first-order valence-corrected chi connectivity index (χ1v) is 4.34. The van der Waals surface area contributed by atoms with Crippen molar-refractivity contribution in [3.8, 4) is 0 Å². The molecule has 0 fully saturated rings. The Kier molecular flexibility index (Phi) is 3.66. The number of nitrogens with two attached hydrogens (primary N) is 1. The third-order valence-corrected chi connectivity index (χ3v) is 2.00. The van der Waals surface area contributed by atoms with Crippen LogP contribution < -0.4 is 5.73 Å². The fourth-order valence-corrected chi connectivity index (χ4v) is 1.82. The van der Waals surface area contributed by atoms with E-state index < -0.39 is 12.1 Å². The molecule has 0 heterocycles. The summed E-state index contributed by atoms with van der Waals surface area (Å²) in [6, 6.07) is -0.431. The van der Waals surface area contributed by atoms with Crippen molar-refractivity contribution in [2.45, 2.75) is 26.8 Å². The van der Waals surface area contributed by atoms with Crippen molar-refractivity contribution >= 4 is 23.3 Å². The zero-order valence-electron chi connectivity index (χ0n) is 8.37. The van der Waals surface area contributed by atoms with Crippen LogP contribution in [0.2, 0.25) is 0 Å². The smallest absolute Gasteiger partial charge is 0.407 e. The van der Waals surface area contributed by atoms with Crippen LogP contribution in [-0.4, -0.2) is 34.2 Å². The third kappa shape index (κ3) is 3.18. The molecule has 4 nitrogen and oxygen atoms in total. The Morgan fingerprint density at radius 2 is 1.92 bits per heavy atom. The van der Waals surface area contributed by atoms with Crippen LogP contribution >= 0.6 is 12.2 Å². The molecule has 1 atom stereocenters. The second-order valence-electron chi connectivity index (χ2n) is 4.06. The van der Waals surface area contributed by atoms with Gasteiger partial charge in [0.05, 0.1) is 11.0 Å². The molecule has 0 aliphatic heterocycles. The number of thiocarbonyl (C=S) groups is 1. The first-order valence-electron chi connectivity index (χ1n) is 3.93. The van der Waals surface area contributed by atoms with E-state index in [0.717, 1.165) is 4.90 Å². The summed E-state index contributed by atoms with van der Waals surface area (Å²) in [7, 11) is 1.47. The van der Waals surface area contributed by atoms with Crippen LogP contribution in [0.1, 0.15) is 20.8 Å². The van der Waals surface area contributed by atoms with E-state index in [1.165, 1.54) is 7.05 Å². The first kappa shape index (κ1) is 12.2. The van der Waals surface area contributed by atoms with Gasteiger partial charge in [0.1, 0.15) is 0 Å². The van der Waals surface area contributed by atoms with Gasteiger partial charge in [-0.25, -0.2) is 4.79 Å². The van der Waals surface area contributed by atoms with Gasteiger partial charge in [-0.15, -0.1) is 0 Å². The lowest BCUT2D eigenvalue weighted by Gasteiger charge is -2.35. The molecule has 5 heteroatoms. The van der Waals surface area contributed by atoms with Gasteiger partial charge in [0.25, 0.3) is 0 Å². The molecule has 0 aromatic rings. The van der Waals surface area contributed by atoms with Crippen LogP contribution in [0.4, 0.5) is 4.79 Å². The van der Waals surface area contributed by atoms with E-state index in [9.17, 15) is 4.79 Å². The van der Waals surface area contributed by atoms with Crippen molar-refractivity contribution < 1.29 is 9.90 Å². The standard InChI is InChI=1S/C8H16N2O2S/c1-8(2,3)5(6(9)13)10(4)7(11)12/h5H,1-4H3,(H2,9,13)(H,11,12). The van der Waals surface area contributed by atoms with Gasteiger partial charge >= 0.3 is 6.09 Å². The van der Waals surface area contributed by atoms with Gasteiger partial charge in [0, 0.05) is 7.05 Å². The summed E-state index contributed by atoms with van der Waals surface area (Å²) in [4.78, 5) is 12.0. The minimum atomic E-state index is -1.02. The third-order valence-electron chi connectivity index (χ3n) is 1.78. The zero-order chi connectivity index (χ0) is 10.8. The molecule has 13 heavy (non-hydrogen) atoms. The van der Waals surface area contributed by atoms with Crippen molar-refractivity contribution in [2.75, 3.05) is 7.05 Å². The molecule has 0 saturated heterocycles. The fourth-order valence-electron chi connectivity index (χ4n) is 1.31. The van der Waals surface area contributed by atoms with E-state index in [2.05, 4.69) is 0 Å². The number of carbonyl (C=O) groups is 1. The monoisotopic (exact) mass is 204 g/mol. The summed E-state index contributed by atoms with van der Waals surface area (Å²) >= 11 is 4.83. The van der Waals surface area contributed by atoms with Gasteiger partial charge < -0.3 is 15.7 Å². The summed E-state index contributed by atoms with van der Waals surface area (Å²) in [5.41, 5.74) is 5.21. The first-order chi connectivity index (χ1) is 5.68. The molecule has 0 saturated carbocycles. The molecule has 0 rings (SSSR count). The largest absolute Gasteiger partial charge is 0.465 e.